The van der Waals surface area contributed by atoms with Crippen molar-refractivity contribution in [1.29, 1.82) is 0 Å². The van der Waals surface area contributed by atoms with E-state index in [-0.39, 0.29) is 18.1 Å². The monoisotopic (exact) mass is 197 g/mol. The summed E-state index contributed by atoms with van der Waals surface area (Å²) in [6.07, 6.45) is 0. The quantitative estimate of drug-likeness (QED) is 0.656. The summed E-state index contributed by atoms with van der Waals surface area (Å²) in [5, 5.41) is 0.842. The summed E-state index contributed by atoms with van der Waals surface area (Å²) in [6.45, 7) is 0. The molecule has 13 heavy (non-hydrogen) atoms. The minimum atomic E-state index is -0.478. The largest absolute Gasteiger partial charge is 0.421 e. The Kier molecular flexibility index (Phi) is 2.58. The van der Waals surface area contributed by atoms with E-state index in [1.54, 1.807) is 12.1 Å². The smallest absolute Gasteiger partial charge is 0.359 e. The summed E-state index contributed by atoms with van der Waals surface area (Å²) in [7, 11) is 0. The van der Waals surface area contributed by atoms with Crippen molar-refractivity contribution in [2.75, 3.05) is 5.73 Å². The van der Waals surface area contributed by atoms with Crippen molar-refractivity contribution < 1.29 is 4.42 Å². The first-order chi connectivity index (χ1) is 5.77. The molecule has 0 saturated heterocycles. The fraction of sp³-hybridized carbons (Fsp3) is 0. The molecule has 1 aromatic carbocycles. The molecule has 2 aromatic rings. The first kappa shape index (κ1) is 9.61. The van der Waals surface area contributed by atoms with Crippen LogP contribution in [-0.2, 0) is 0 Å². The van der Waals surface area contributed by atoms with Crippen molar-refractivity contribution in [3.05, 3.63) is 40.8 Å². The van der Waals surface area contributed by atoms with E-state index in [9.17, 15) is 4.79 Å². The number of hydrogen-bond donors (Lipinski definition) is 1. The molecule has 3 nitrogen and oxygen atoms in total. The molecule has 1 heterocycles. The molecular weight excluding hydrogens is 190 g/mol. The Morgan fingerprint density at radius 3 is 2.69 bits per heavy atom. The number of halogens is 1. The molecule has 0 spiro atoms. The van der Waals surface area contributed by atoms with Crippen LogP contribution in [0, 0.1) is 0 Å². The maximum atomic E-state index is 10.9. The third-order valence-corrected chi connectivity index (χ3v) is 1.67. The van der Waals surface area contributed by atoms with E-state index < -0.39 is 5.63 Å². The van der Waals surface area contributed by atoms with Crippen molar-refractivity contribution in [3.63, 3.8) is 0 Å². The van der Waals surface area contributed by atoms with Gasteiger partial charge in [-0.3, -0.25) is 0 Å². The van der Waals surface area contributed by atoms with Crippen molar-refractivity contribution in [2.24, 2.45) is 0 Å². The van der Waals surface area contributed by atoms with Crippen LogP contribution >= 0.6 is 12.4 Å². The molecule has 0 radical (unpaired) electrons. The van der Waals surface area contributed by atoms with Gasteiger partial charge in [-0.1, -0.05) is 18.2 Å². The lowest BCUT2D eigenvalue weighted by molar-refractivity contribution is 0.564. The van der Waals surface area contributed by atoms with Gasteiger partial charge in [0.05, 0.1) is 0 Å². The Hall–Kier alpha value is -1.48. The van der Waals surface area contributed by atoms with Crippen LogP contribution in [0.1, 0.15) is 0 Å². The SMILES string of the molecule is Cl.Nc1cc2ccccc2oc1=O. The van der Waals surface area contributed by atoms with Crippen LogP contribution < -0.4 is 11.4 Å². The molecule has 0 unspecified atom stereocenters. The Morgan fingerprint density at radius 2 is 1.92 bits per heavy atom. The number of anilines is 1. The average Bonchev–Trinajstić information content (AvgIpc) is 2.07. The van der Waals surface area contributed by atoms with Gasteiger partial charge < -0.3 is 10.2 Å². The lowest BCUT2D eigenvalue weighted by Gasteiger charge is -1.95. The molecule has 0 bridgehead atoms. The van der Waals surface area contributed by atoms with Gasteiger partial charge in [-0.25, -0.2) is 4.79 Å². The van der Waals surface area contributed by atoms with Gasteiger partial charge in [0.2, 0.25) is 0 Å². The number of hydrogen-bond acceptors (Lipinski definition) is 3. The standard InChI is InChI=1S/C9H7NO2.ClH/c10-7-5-6-3-1-2-4-8(6)12-9(7)11;/h1-5H,10H2;1H. The fourth-order valence-electron chi connectivity index (χ4n) is 1.08. The number of nitrogen functional groups attached to an aromatic ring is 1. The predicted octanol–water partition coefficient (Wildman–Crippen LogP) is 1.80. The Balaban J connectivity index is 0.000000845. The van der Waals surface area contributed by atoms with Gasteiger partial charge in [-0.2, -0.15) is 0 Å². The van der Waals surface area contributed by atoms with Crippen molar-refractivity contribution in [1.82, 2.24) is 0 Å². The van der Waals surface area contributed by atoms with Crippen molar-refractivity contribution in [3.8, 4) is 0 Å². The van der Waals surface area contributed by atoms with Gasteiger partial charge in [0, 0.05) is 5.39 Å². The zero-order valence-electron chi connectivity index (χ0n) is 6.69. The van der Waals surface area contributed by atoms with E-state index in [1.165, 1.54) is 0 Å². The Labute approximate surface area is 80.6 Å². The highest BCUT2D eigenvalue weighted by Crippen LogP contribution is 2.12. The van der Waals surface area contributed by atoms with Gasteiger partial charge in [-0.15, -0.1) is 12.4 Å². The predicted molar refractivity (Wildman–Crippen MR) is 54.1 cm³/mol. The summed E-state index contributed by atoms with van der Waals surface area (Å²) >= 11 is 0. The zero-order valence-corrected chi connectivity index (χ0v) is 7.51. The van der Waals surface area contributed by atoms with Crippen molar-refractivity contribution >= 4 is 29.1 Å². The van der Waals surface area contributed by atoms with Gasteiger partial charge >= 0.3 is 5.63 Å². The first-order valence-electron chi connectivity index (χ1n) is 3.56. The van der Waals surface area contributed by atoms with Gasteiger partial charge in [0.25, 0.3) is 0 Å². The molecule has 0 atom stereocenters. The maximum absolute atomic E-state index is 10.9. The van der Waals surface area contributed by atoms with E-state index >= 15 is 0 Å². The molecule has 2 rings (SSSR count). The lowest BCUT2D eigenvalue weighted by atomic mass is 10.2. The normalized spacial score (nSPS) is 9.54. The van der Waals surface area contributed by atoms with Crippen LogP contribution in [-0.4, -0.2) is 0 Å². The minimum Gasteiger partial charge on any atom is -0.421 e. The van der Waals surface area contributed by atoms with Gasteiger partial charge in [-0.05, 0) is 12.1 Å². The molecule has 0 aliphatic rings. The second-order valence-electron chi connectivity index (χ2n) is 2.53. The number of rotatable bonds is 0. The molecule has 68 valence electrons. The molecule has 0 saturated carbocycles. The molecule has 0 fully saturated rings. The first-order valence-corrected chi connectivity index (χ1v) is 3.56. The number of nitrogens with two attached hydrogens (primary N) is 1. The van der Waals surface area contributed by atoms with Crippen LogP contribution in [0.25, 0.3) is 11.0 Å². The third-order valence-electron chi connectivity index (χ3n) is 1.67. The molecule has 4 heteroatoms. The van der Waals surface area contributed by atoms with E-state index in [4.69, 9.17) is 10.2 Å². The third kappa shape index (κ3) is 1.65. The minimum absolute atomic E-state index is 0. The highest BCUT2D eigenvalue weighted by atomic mass is 35.5. The molecular formula is C9H8ClNO2. The molecule has 0 aliphatic carbocycles. The van der Waals surface area contributed by atoms with Crippen LogP contribution in [0.4, 0.5) is 5.69 Å². The van der Waals surface area contributed by atoms with Crippen LogP contribution in [0.5, 0.6) is 0 Å². The molecule has 0 aliphatic heterocycles. The van der Waals surface area contributed by atoms with Gasteiger partial charge in [0.15, 0.2) is 0 Å². The van der Waals surface area contributed by atoms with Crippen LogP contribution in [0.2, 0.25) is 0 Å². The van der Waals surface area contributed by atoms with Crippen LogP contribution in [0.3, 0.4) is 0 Å². The summed E-state index contributed by atoms with van der Waals surface area (Å²) in [5.41, 5.74) is 5.61. The van der Waals surface area contributed by atoms with Crippen molar-refractivity contribution in [2.45, 2.75) is 0 Å². The summed E-state index contributed by atoms with van der Waals surface area (Å²) < 4.78 is 4.91. The van der Waals surface area contributed by atoms with E-state index in [2.05, 4.69) is 0 Å². The summed E-state index contributed by atoms with van der Waals surface area (Å²) in [5.74, 6) is 0. The highest BCUT2D eigenvalue weighted by molar-refractivity contribution is 5.85. The van der Waals surface area contributed by atoms with E-state index in [0.29, 0.717) is 5.58 Å². The fourth-order valence-corrected chi connectivity index (χ4v) is 1.08. The van der Waals surface area contributed by atoms with Gasteiger partial charge in [0.1, 0.15) is 11.3 Å². The topological polar surface area (TPSA) is 56.2 Å². The van der Waals surface area contributed by atoms with Crippen LogP contribution in [0.15, 0.2) is 39.5 Å². The lowest BCUT2D eigenvalue weighted by Crippen LogP contribution is -2.05. The zero-order chi connectivity index (χ0) is 8.55. The second kappa shape index (κ2) is 3.49. The summed E-state index contributed by atoms with van der Waals surface area (Å²) in [6, 6.07) is 8.86. The maximum Gasteiger partial charge on any atom is 0.359 e. The Morgan fingerprint density at radius 1 is 1.23 bits per heavy atom. The van der Waals surface area contributed by atoms with E-state index in [1.807, 2.05) is 18.2 Å². The highest BCUT2D eigenvalue weighted by Gasteiger charge is 1.98. The second-order valence-corrected chi connectivity index (χ2v) is 2.53. The Bertz CT molecular complexity index is 478. The molecule has 2 N–H and O–H groups in total. The molecule has 0 amide bonds. The average molecular weight is 198 g/mol. The number of benzene rings is 1. The van der Waals surface area contributed by atoms with E-state index in [0.717, 1.165) is 5.39 Å². The number of para-hydroxylation sites is 1. The molecule has 1 aromatic heterocycles. The summed E-state index contributed by atoms with van der Waals surface area (Å²) in [4.78, 5) is 10.9. The number of fused-ring (bicyclic) bond motifs is 1.